The van der Waals surface area contributed by atoms with E-state index in [2.05, 4.69) is 4.99 Å². The second-order valence-electron chi connectivity index (χ2n) is 7.92. The van der Waals surface area contributed by atoms with Crippen molar-refractivity contribution in [2.45, 2.75) is 19.9 Å². The summed E-state index contributed by atoms with van der Waals surface area (Å²) in [5.41, 5.74) is 2.09. The number of nitrogens with zero attached hydrogens (tertiary/aromatic N) is 2. The SMILES string of the molecule is CCOC(=O)C1=C(C)N=c2s/c(=C\c3ccc(-c4ccc(F)cc4)o3)c(=O)n2[C@@H]1c1ccccc1. The summed E-state index contributed by atoms with van der Waals surface area (Å²) in [4.78, 5) is 31.5. The highest BCUT2D eigenvalue weighted by atomic mass is 32.1. The first-order valence-corrected chi connectivity index (χ1v) is 11.9. The first-order chi connectivity index (χ1) is 17.0. The molecule has 6 nitrogen and oxygen atoms in total. The van der Waals surface area contributed by atoms with Crippen molar-refractivity contribution < 1.29 is 18.3 Å². The number of halogens is 1. The Bertz CT molecular complexity index is 1610. The molecule has 1 aliphatic heterocycles. The molecule has 0 aliphatic carbocycles. The van der Waals surface area contributed by atoms with E-state index in [4.69, 9.17) is 9.15 Å². The van der Waals surface area contributed by atoms with Crippen LogP contribution in [0.3, 0.4) is 0 Å². The summed E-state index contributed by atoms with van der Waals surface area (Å²) in [6.45, 7) is 3.71. The molecule has 0 spiro atoms. The van der Waals surface area contributed by atoms with Gasteiger partial charge in [-0.1, -0.05) is 41.7 Å². The van der Waals surface area contributed by atoms with Crippen molar-refractivity contribution in [3.05, 3.63) is 115 Å². The van der Waals surface area contributed by atoms with Crippen molar-refractivity contribution in [3.8, 4) is 11.3 Å². The zero-order chi connectivity index (χ0) is 24.5. The standard InChI is InChI=1S/C27H21FN2O4S/c1-3-33-26(32)23-16(2)29-27-30(24(23)18-7-5-4-6-8-18)25(31)22(35-27)15-20-13-14-21(34-20)17-9-11-19(28)12-10-17/h4-15,24H,3H2,1-2H3/b22-15-/t24-/m1/s1. The molecule has 0 saturated carbocycles. The summed E-state index contributed by atoms with van der Waals surface area (Å²) >= 11 is 1.23. The van der Waals surface area contributed by atoms with Gasteiger partial charge in [-0.3, -0.25) is 9.36 Å². The largest absolute Gasteiger partial charge is 0.463 e. The highest BCUT2D eigenvalue weighted by molar-refractivity contribution is 7.07. The molecule has 8 heteroatoms. The van der Waals surface area contributed by atoms with Crippen LogP contribution in [0.2, 0.25) is 0 Å². The van der Waals surface area contributed by atoms with Gasteiger partial charge in [0.1, 0.15) is 17.3 Å². The Labute approximate surface area is 203 Å². The van der Waals surface area contributed by atoms with Crippen LogP contribution in [0, 0.1) is 5.82 Å². The van der Waals surface area contributed by atoms with Crippen LogP contribution in [0.15, 0.2) is 92.2 Å². The molecular weight excluding hydrogens is 467 g/mol. The van der Waals surface area contributed by atoms with E-state index in [0.29, 0.717) is 32.1 Å². The number of carbonyl (C=O) groups is 1. The van der Waals surface area contributed by atoms with E-state index < -0.39 is 12.0 Å². The van der Waals surface area contributed by atoms with Crippen molar-refractivity contribution in [1.82, 2.24) is 4.57 Å². The van der Waals surface area contributed by atoms with Gasteiger partial charge in [-0.25, -0.2) is 14.2 Å². The number of thiazole rings is 1. The average Bonchev–Trinajstić information content (AvgIpc) is 3.44. The molecule has 1 atom stereocenters. The predicted octanol–water partition coefficient (Wildman–Crippen LogP) is 4.20. The molecule has 0 saturated heterocycles. The fourth-order valence-electron chi connectivity index (χ4n) is 4.07. The number of fused-ring (bicyclic) bond motifs is 1. The van der Waals surface area contributed by atoms with E-state index >= 15 is 0 Å². The van der Waals surface area contributed by atoms with Gasteiger partial charge in [-0.05, 0) is 55.8 Å². The lowest BCUT2D eigenvalue weighted by Crippen LogP contribution is -2.39. The van der Waals surface area contributed by atoms with Crippen molar-refractivity contribution in [3.63, 3.8) is 0 Å². The molecule has 0 radical (unpaired) electrons. The molecule has 4 aromatic rings. The summed E-state index contributed by atoms with van der Waals surface area (Å²) in [5.74, 6) is 0.220. The number of aromatic nitrogens is 1. The van der Waals surface area contributed by atoms with Crippen LogP contribution in [-0.2, 0) is 9.53 Å². The fraction of sp³-hybridized carbons (Fsp3) is 0.148. The number of hydrogen-bond donors (Lipinski definition) is 0. The fourth-order valence-corrected chi connectivity index (χ4v) is 5.10. The van der Waals surface area contributed by atoms with Crippen LogP contribution in [0.5, 0.6) is 0 Å². The normalized spacial score (nSPS) is 15.6. The van der Waals surface area contributed by atoms with E-state index in [0.717, 1.165) is 11.1 Å². The van der Waals surface area contributed by atoms with Crippen LogP contribution in [0.4, 0.5) is 4.39 Å². The van der Waals surface area contributed by atoms with Crippen LogP contribution < -0.4 is 14.9 Å². The second kappa shape index (κ2) is 9.31. The summed E-state index contributed by atoms with van der Waals surface area (Å²) in [6, 6.07) is 18.2. The Morgan fingerprint density at radius 3 is 2.60 bits per heavy atom. The van der Waals surface area contributed by atoms with E-state index in [-0.39, 0.29) is 18.0 Å². The number of benzene rings is 2. The second-order valence-corrected chi connectivity index (χ2v) is 8.93. The number of carbonyl (C=O) groups excluding carboxylic acids is 1. The van der Waals surface area contributed by atoms with Crippen molar-refractivity contribution in [2.75, 3.05) is 6.61 Å². The Hall–Kier alpha value is -4.04. The van der Waals surface area contributed by atoms with Crippen molar-refractivity contribution in [2.24, 2.45) is 4.99 Å². The highest BCUT2D eigenvalue weighted by Crippen LogP contribution is 2.30. The van der Waals surface area contributed by atoms with Crippen molar-refractivity contribution in [1.29, 1.82) is 0 Å². The smallest absolute Gasteiger partial charge is 0.338 e. The molecular formula is C27H21FN2O4S. The van der Waals surface area contributed by atoms with Crippen LogP contribution in [-0.4, -0.2) is 17.1 Å². The van der Waals surface area contributed by atoms with E-state index in [1.54, 1.807) is 44.2 Å². The molecule has 0 fully saturated rings. The van der Waals surface area contributed by atoms with Gasteiger partial charge in [-0.2, -0.15) is 0 Å². The number of allylic oxidation sites excluding steroid dienone is 1. The number of furan rings is 1. The third kappa shape index (κ3) is 4.28. The summed E-state index contributed by atoms with van der Waals surface area (Å²) in [7, 11) is 0. The van der Waals surface area contributed by atoms with Crippen LogP contribution in [0.1, 0.15) is 31.2 Å². The van der Waals surface area contributed by atoms with Gasteiger partial charge >= 0.3 is 5.97 Å². The van der Waals surface area contributed by atoms with Gasteiger partial charge in [0, 0.05) is 11.6 Å². The van der Waals surface area contributed by atoms with Crippen LogP contribution in [0.25, 0.3) is 17.4 Å². The molecule has 1 aliphatic rings. The molecule has 0 amide bonds. The Kier molecular flexibility index (Phi) is 6.05. The van der Waals surface area contributed by atoms with Gasteiger partial charge in [0.25, 0.3) is 5.56 Å². The van der Waals surface area contributed by atoms with E-state index in [1.165, 1.54) is 28.0 Å². The first-order valence-electron chi connectivity index (χ1n) is 11.1. The number of hydrogen-bond acceptors (Lipinski definition) is 6. The Balaban J connectivity index is 1.62. The molecule has 5 rings (SSSR count). The highest BCUT2D eigenvalue weighted by Gasteiger charge is 2.33. The zero-order valence-corrected chi connectivity index (χ0v) is 19.8. The average molecular weight is 489 g/mol. The maximum Gasteiger partial charge on any atom is 0.338 e. The van der Waals surface area contributed by atoms with Gasteiger partial charge < -0.3 is 9.15 Å². The predicted molar refractivity (Wildman–Crippen MR) is 131 cm³/mol. The third-order valence-corrected chi connectivity index (χ3v) is 6.64. The lowest BCUT2D eigenvalue weighted by molar-refractivity contribution is -0.139. The minimum atomic E-state index is -0.653. The molecule has 176 valence electrons. The van der Waals surface area contributed by atoms with Crippen LogP contribution >= 0.6 is 11.3 Å². The molecule has 0 N–H and O–H groups in total. The zero-order valence-electron chi connectivity index (χ0n) is 19.0. The Morgan fingerprint density at radius 2 is 1.89 bits per heavy atom. The summed E-state index contributed by atoms with van der Waals surface area (Å²) in [6.07, 6.45) is 1.66. The van der Waals surface area contributed by atoms with Gasteiger partial charge in [0.15, 0.2) is 4.80 Å². The Morgan fingerprint density at radius 1 is 1.14 bits per heavy atom. The van der Waals surface area contributed by atoms with Crippen molar-refractivity contribution >= 4 is 23.4 Å². The minimum Gasteiger partial charge on any atom is -0.463 e. The topological polar surface area (TPSA) is 73.8 Å². The molecule has 2 aromatic heterocycles. The molecule has 2 aromatic carbocycles. The molecule has 3 heterocycles. The van der Waals surface area contributed by atoms with Gasteiger partial charge in [0.2, 0.25) is 0 Å². The van der Waals surface area contributed by atoms with E-state index in [1.807, 2.05) is 30.3 Å². The van der Waals surface area contributed by atoms with Gasteiger partial charge in [0.05, 0.1) is 28.5 Å². The number of ether oxygens (including phenoxy) is 1. The number of esters is 1. The monoisotopic (exact) mass is 488 g/mol. The number of rotatable bonds is 5. The maximum absolute atomic E-state index is 13.6. The lowest BCUT2D eigenvalue weighted by atomic mass is 9.96. The summed E-state index contributed by atoms with van der Waals surface area (Å²) < 4.78 is 26.4. The quantitative estimate of drug-likeness (QED) is 0.395. The minimum absolute atomic E-state index is 0.219. The molecule has 0 bridgehead atoms. The van der Waals surface area contributed by atoms with Gasteiger partial charge in [-0.15, -0.1) is 0 Å². The maximum atomic E-state index is 13.6. The lowest BCUT2D eigenvalue weighted by Gasteiger charge is -2.24. The molecule has 0 unspecified atom stereocenters. The van der Waals surface area contributed by atoms with E-state index in [9.17, 15) is 14.0 Å². The first kappa shape index (κ1) is 22.7. The third-order valence-electron chi connectivity index (χ3n) is 5.66. The summed E-state index contributed by atoms with van der Waals surface area (Å²) in [5, 5.41) is 0. The molecule has 35 heavy (non-hydrogen) atoms.